The maximum atomic E-state index is 12.7. The maximum Gasteiger partial charge on any atom is 0.269 e. The minimum Gasteiger partial charge on any atom is -0.322 e. The summed E-state index contributed by atoms with van der Waals surface area (Å²) in [6, 6.07) is 11.7. The number of carbonyl (C=O) groups excluding carboxylic acids is 1. The monoisotopic (exact) mass is 359 g/mol. The molecule has 1 aliphatic heterocycles. The van der Waals surface area contributed by atoms with E-state index in [2.05, 4.69) is 0 Å². The van der Waals surface area contributed by atoms with E-state index in [4.69, 9.17) is 0 Å². The molecule has 0 radical (unpaired) electrons. The summed E-state index contributed by atoms with van der Waals surface area (Å²) in [5, 5.41) is 21.4. The highest BCUT2D eigenvalue weighted by Crippen LogP contribution is 2.39. The van der Waals surface area contributed by atoms with Gasteiger partial charge in [-0.1, -0.05) is 12.1 Å². The Balaban J connectivity index is 1.85. The van der Waals surface area contributed by atoms with Crippen molar-refractivity contribution in [2.24, 2.45) is 0 Å². The van der Waals surface area contributed by atoms with E-state index in [-0.39, 0.29) is 22.7 Å². The Labute approximate surface area is 146 Å². The lowest BCUT2D eigenvalue weighted by Crippen LogP contribution is -2.30. The fraction of sp³-hybridized carbons (Fsp3) is 0.188. The Hall–Kier alpha value is -2.94. The number of nitrogens with zero attached hydrogens (tertiary/aromatic N) is 3. The van der Waals surface area contributed by atoms with E-state index in [1.54, 1.807) is 17.0 Å². The molecule has 0 aromatic heterocycles. The van der Waals surface area contributed by atoms with Gasteiger partial charge in [-0.15, -0.1) is 11.8 Å². The third-order valence-corrected chi connectivity index (χ3v) is 5.10. The molecule has 8 nitrogen and oxygen atoms in total. The van der Waals surface area contributed by atoms with Gasteiger partial charge in [-0.3, -0.25) is 25.0 Å². The molecule has 0 bridgehead atoms. The van der Waals surface area contributed by atoms with E-state index < -0.39 is 9.85 Å². The van der Waals surface area contributed by atoms with Crippen molar-refractivity contribution >= 4 is 29.0 Å². The van der Waals surface area contributed by atoms with Gasteiger partial charge in [0, 0.05) is 42.1 Å². The van der Waals surface area contributed by atoms with Crippen molar-refractivity contribution in [2.75, 3.05) is 12.3 Å². The number of hydrogen-bond acceptors (Lipinski definition) is 6. The van der Waals surface area contributed by atoms with E-state index in [9.17, 15) is 25.0 Å². The molecule has 0 N–H and O–H groups in total. The normalized spacial score (nSPS) is 16.6. The molecule has 3 rings (SSSR count). The van der Waals surface area contributed by atoms with Gasteiger partial charge in [-0.25, -0.2) is 0 Å². The second-order valence-electron chi connectivity index (χ2n) is 5.38. The standard InChI is InChI=1S/C16H13N3O5S/c20-15(11-4-6-13(7-5-11)18(21)22)17-8-9-25-16(17)12-2-1-3-14(10-12)19(23)24/h1-7,10,16H,8-9H2/t16-/m0/s1. The van der Waals surface area contributed by atoms with Crippen LogP contribution in [0.25, 0.3) is 0 Å². The molecule has 0 saturated carbocycles. The second kappa shape index (κ2) is 6.89. The molecule has 0 unspecified atom stereocenters. The van der Waals surface area contributed by atoms with Crippen LogP contribution in [0.1, 0.15) is 21.3 Å². The molecule has 1 atom stereocenters. The van der Waals surface area contributed by atoms with Crippen molar-refractivity contribution in [2.45, 2.75) is 5.37 Å². The summed E-state index contributed by atoms with van der Waals surface area (Å²) in [5.74, 6) is 0.461. The number of nitro benzene ring substituents is 2. The molecular formula is C16H13N3O5S. The molecule has 2 aromatic carbocycles. The van der Waals surface area contributed by atoms with Crippen molar-refractivity contribution in [1.29, 1.82) is 0 Å². The van der Waals surface area contributed by atoms with Crippen LogP contribution in [0.15, 0.2) is 48.5 Å². The topological polar surface area (TPSA) is 107 Å². The highest BCUT2D eigenvalue weighted by atomic mass is 32.2. The Morgan fingerprint density at radius 3 is 2.36 bits per heavy atom. The van der Waals surface area contributed by atoms with Crippen molar-refractivity contribution in [3.05, 3.63) is 79.9 Å². The molecule has 2 aromatic rings. The fourth-order valence-electron chi connectivity index (χ4n) is 2.64. The molecule has 0 aliphatic carbocycles. The summed E-state index contributed by atoms with van der Waals surface area (Å²) in [7, 11) is 0. The molecule has 9 heteroatoms. The van der Waals surface area contributed by atoms with Crippen LogP contribution in [0.2, 0.25) is 0 Å². The summed E-state index contributed by atoms with van der Waals surface area (Å²) < 4.78 is 0. The number of nitro groups is 2. The van der Waals surface area contributed by atoms with Crippen LogP contribution >= 0.6 is 11.8 Å². The maximum absolute atomic E-state index is 12.7. The number of rotatable bonds is 4. The van der Waals surface area contributed by atoms with Crippen LogP contribution in [0.4, 0.5) is 11.4 Å². The van der Waals surface area contributed by atoms with Crippen LogP contribution in [0, 0.1) is 20.2 Å². The summed E-state index contributed by atoms with van der Waals surface area (Å²) in [6.45, 7) is 0.508. The van der Waals surface area contributed by atoms with Crippen molar-refractivity contribution < 1.29 is 14.6 Å². The van der Waals surface area contributed by atoms with E-state index in [0.29, 0.717) is 23.4 Å². The van der Waals surface area contributed by atoms with Crippen LogP contribution < -0.4 is 0 Å². The van der Waals surface area contributed by atoms with Crippen molar-refractivity contribution in [3.63, 3.8) is 0 Å². The molecule has 1 fully saturated rings. The number of thioether (sulfide) groups is 1. The number of non-ortho nitro benzene ring substituents is 2. The molecule has 0 spiro atoms. The highest BCUT2D eigenvalue weighted by Gasteiger charge is 2.32. The number of carbonyl (C=O) groups is 1. The van der Waals surface area contributed by atoms with Crippen LogP contribution in [0.5, 0.6) is 0 Å². The Kier molecular flexibility index (Phi) is 4.66. The van der Waals surface area contributed by atoms with Crippen LogP contribution in [-0.2, 0) is 0 Å². The van der Waals surface area contributed by atoms with Gasteiger partial charge in [0.1, 0.15) is 5.37 Å². The zero-order chi connectivity index (χ0) is 18.0. The Morgan fingerprint density at radius 1 is 1.04 bits per heavy atom. The van der Waals surface area contributed by atoms with Crippen molar-refractivity contribution in [1.82, 2.24) is 4.90 Å². The van der Waals surface area contributed by atoms with Crippen LogP contribution in [-0.4, -0.2) is 33.0 Å². The first-order chi connectivity index (χ1) is 12.0. The minimum absolute atomic E-state index is 0.0206. The molecule has 1 amide bonds. The van der Waals surface area contributed by atoms with E-state index in [1.165, 1.54) is 48.2 Å². The quantitative estimate of drug-likeness (QED) is 0.612. The zero-order valence-electron chi connectivity index (χ0n) is 12.9. The lowest BCUT2D eigenvalue weighted by Gasteiger charge is -2.24. The van der Waals surface area contributed by atoms with E-state index >= 15 is 0 Å². The molecule has 25 heavy (non-hydrogen) atoms. The smallest absolute Gasteiger partial charge is 0.269 e. The van der Waals surface area contributed by atoms with E-state index in [0.717, 1.165) is 0 Å². The van der Waals surface area contributed by atoms with Gasteiger partial charge in [0.2, 0.25) is 0 Å². The fourth-order valence-corrected chi connectivity index (χ4v) is 3.88. The predicted molar refractivity (Wildman–Crippen MR) is 92.4 cm³/mol. The number of benzene rings is 2. The minimum atomic E-state index is -0.522. The van der Waals surface area contributed by atoms with Gasteiger partial charge in [-0.2, -0.15) is 0 Å². The molecular weight excluding hydrogens is 346 g/mol. The number of amides is 1. The average molecular weight is 359 g/mol. The zero-order valence-corrected chi connectivity index (χ0v) is 13.7. The predicted octanol–water partition coefficient (Wildman–Crippen LogP) is 3.39. The molecule has 1 saturated heterocycles. The van der Waals surface area contributed by atoms with Gasteiger partial charge in [0.15, 0.2) is 0 Å². The largest absolute Gasteiger partial charge is 0.322 e. The van der Waals surface area contributed by atoms with Gasteiger partial charge in [0.25, 0.3) is 17.3 Å². The summed E-state index contributed by atoms with van der Waals surface area (Å²) in [6.07, 6.45) is 0. The molecule has 1 aliphatic rings. The third kappa shape index (κ3) is 3.45. The first kappa shape index (κ1) is 16.9. The Bertz CT molecular complexity index is 840. The summed E-state index contributed by atoms with van der Waals surface area (Å²) in [4.78, 5) is 35.0. The first-order valence-corrected chi connectivity index (χ1v) is 8.43. The molecule has 1 heterocycles. The average Bonchev–Trinajstić information content (AvgIpc) is 3.11. The summed E-state index contributed by atoms with van der Waals surface area (Å²) >= 11 is 1.53. The highest BCUT2D eigenvalue weighted by molar-refractivity contribution is 7.99. The van der Waals surface area contributed by atoms with Gasteiger partial charge in [0.05, 0.1) is 9.85 Å². The van der Waals surface area contributed by atoms with Crippen LogP contribution in [0.3, 0.4) is 0 Å². The lowest BCUT2D eigenvalue weighted by atomic mass is 10.1. The van der Waals surface area contributed by atoms with Crippen molar-refractivity contribution in [3.8, 4) is 0 Å². The van der Waals surface area contributed by atoms with Gasteiger partial charge < -0.3 is 4.90 Å². The SMILES string of the molecule is O=C(c1ccc([N+](=O)[O-])cc1)N1CCS[C@H]1c1cccc([N+](=O)[O-])c1. The summed E-state index contributed by atoms with van der Waals surface area (Å²) in [5.41, 5.74) is 0.936. The Morgan fingerprint density at radius 2 is 1.72 bits per heavy atom. The number of hydrogen-bond donors (Lipinski definition) is 0. The first-order valence-electron chi connectivity index (χ1n) is 7.39. The van der Waals surface area contributed by atoms with E-state index in [1.807, 2.05) is 0 Å². The molecule has 128 valence electrons. The lowest BCUT2D eigenvalue weighted by molar-refractivity contribution is -0.385. The second-order valence-corrected chi connectivity index (χ2v) is 6.57. The van der Waals surface area contributed by atoms with Gasteiger partial charge >= 0.3 is 0 Å². The third-order valence-electron chi connectivity index (χ3n) is 3.84. The van der Waals surface area contributed by atoms with Gasteiger partial charge in [-0.05, 0) is 17.7 Å².